The molecule has 2 heterocycles. The molecule has 0 aliphatic rings. The maximum absolute atomic E-state index is 5.97. The molecule has 0 spiro atoms. The first-order valence-electron chi connectivity index (χ1n) is 8.30. The quantitative estimate of drug-likeness (QED) is 0.477. The van der Waals surface area contributed by atoms with Gasteiger partial charge >= 0.3 is 0 Å². The van der Waals surface area contributed by atoms with Gasteiger partial charge in [-0.05, 0) is 24.3 Å². The van der Waals surface area contributed by atoms with E-state index in [0.717, 1.165) is 33.7 Å². The summed E-state index contributed by atoms with van der Waals surface area (Å²) >= 11 is 0. The highest BCUT2D eigenvalue weighted by molar-refractivity contribution is 5.78. The van der Waals surface area contributed by atoms with Crippen molar-refractivity contribution < 1.29 is 4.42 Å². The zero-order valence-corrected chi connectivity index (χ0v) is 13.8. The van der Waals surface area contributed by atoms with Crippen LogP contribution in [0.1, 0.15) is 0 Å². The van der Waals surface area contributed by atoms with Crippen molar-refractivity contribution in [2.75, 3.05) is 0 Å². The summed E-state index contributed by atoms with van der Waals surface area (Å²) in [6.45, 7) is 0. The highest BCUT2D eigenvalue weighted by Gasteiger charge is 2.12. The molecule has 3 aromatic carbocycles. The fraction of sp³-hybridized carbons (Fsp3) is 0. The molecule has 0 N–H and O–H groups in total. The third-order valence-electron chi connectivity index (χ3n) is 4.25. The summed E-state index contributed by atoms with van der Waals surface area (Å²) < 4.78 is 7.92. The van der Waals surface area contributed by atoms with Gasteiger partial charge in [-0.3, -0.25) is 4.57 Å². The van der Waals surface area contributed by atoms with Gasteiger partial charge in [-0.1, -0.05) is 48.5 Å². The average Bonchev–Trinajstić information content (AvgIpc) is 3.36. The fourth-order valence-electron chi connectivity index (χ4n) is 2.98. The molecule has 0 fully saturated rings. The molecule has 2 aromatic heterocycles. The summed E-state index contributed by atoms with van der Waals surface area (Å²) in [5, 5.41) is 8.34. The Balaban J connectivity index is 1.60. The second-order valence-electron chi connectivity index (χ2n) is 5.93. The number of aromatic nitrogens is 4. The monoisotopic (exact) mass is 338 g/mol. The Labute approximate surface area is 149 Å². The van der Waals surface area contributed by atoms with Crippen LogP contribution in [-0.2, 0) is 0 Å². The number of hydrogen-bond donors (Lipinski definition) is 0. The molecule has 0 aliphatic heterocycles. The molecule has 124 valence electrons. The third kappa shape index (κ3) is 2.46. The maximum atomic E-state index is 5.97. The lowest BCUT2D eigenvalue weighted by Gasteiger charge is -2.06. The van der Waals surface area contributed by atoms with E-state index in [1.165, 1.54) is 0 Å². The van der Waals surface area contributed by atoms with Crippen molar-refractivity contribution in [3.63, 3.8) is 0 Å². The van der Waals surface area contributed by atoms with Crippen LogP contribution in [0.25, 0.3) is 39.6 Å². The van der Waals surface area contributed by atoms with Crippen molar-refractivity contribution in [2.45, 2.75) is 0 Å². The van der Waals surface area contributed by atoms with Crippen molar-refractivity contribution in [1.82, 2.24) is 19.7 Å². The fourth-order valence-corrected chi connectivity index (χ4v) is 2.98. The van der Waals surface area contributed by atoms with Gasteiger partial charge in [0.1, 0.15) is 11.8 Å². The Kier molecular flexibility index (Phi) is 3.35. The second kappa shape index (κ2) is 5.97. The molecule has 0 amide bonds. The zero-order valence-electron chi connectivity index (χ0n) is 13.8. The molecule has 5 rings (SSSR count). The van der Waals surface area contributed by atoms with E-state index in [-0.39, 0.29) is 0 Å². The molecule has 0 aliphatic carbocycles. The minimum absolute atomic E-state index is 0.616. The van der Waals surface area contributed by atoms with Crippen molar-refractivity contribution in [2.24, 2.45) is 0 Å². The van der Waals surface area contributed by atoms with Gasteiger partial charge in [-0.15, -0.1) is 10.2 Å². The summed E-state index contributed by atoms with van der Waals surface area (Å²) in [7, 11) is 0. The van der Waals surface area contributed by atoms with E-state index in [1.54, 1.807) is 6.33 Å². The van der Waals surface area contributed by atoms with E-state index in [1.807, 2.05) is 83.4 Å². The maximum Gasteiger partial charge on any atom is 0.227 e. The number of fused-ring (bicyclic) bond motifs is 1. The van der Waals surface area contributed by atoms with Crippen LogP contribution in [0.15, 0.2) is 89.6 Å². The van der Waals surface area contributed by atoms with E-state index in [4.69, 9.17) is 4.42 Å². The number of rotatable bonds is 3. The van der Waals surface area contributed by atoms with Crippen LogP contribution in [0.5, 0.6) is 0 Å². The highest BCUT2D eigenvalue weighted by Crippen LogP contribution is 2.27. The van der Waals surface area contributed by atoms with Gasteiger partial charge in [-0.2, -0.15) is 0 Å². The Bertz CT molecular complexity index is 1180. The van der Waals surface area contributed by atoms with Crippen molar-refractivity contribution >= 4 is 11.1 Å². The topological polar surface area (TPSA) is 56.7 Å². The second-order valence-corrected chi connectivity index (χ2v) is 5.93. The lowest BCUT2D eigenvalue weighted by Crippen LogP contribution is -1.95. The van der Waals surface area contributed by atoms with Crippen LogP contribution < -0.4 is 0 Å². The zero-order chi connectivity index (χ0) is 17.3. The van der Waals surface area contributed by atoms with Crippen LogP contribution in [-0.4, -0.2) is 19.7 Å². The van der Waals surface area contributed by atoms with E-state index in [2.05, 4.69) is 15.2 Å². The molecule has 0 bridgehead atoms. The Morgan fingerprint density at radius 2 is 1.50 bits per heavy atom. The van der Waals surface area contributed by atoms with Crippen LogP contribution in [0, 0.1) is 0 Å². The summed E-state index contributed by atoms with van der Waals surface area (Å²) in [4.78, 5) is 4.58. The third-order valence-corrected chi connectivity index (χ3v) is 4.25. The minimum Gasteiger partial charge on any atom is -0.436 e. The van der Waals surface area contributed by atoms with Crippen LogP contribution in [0.4, 0.5) is 0 Å². The van der Waals surface area contributed by atoms with Crippen molar-refractivity contribution in [3.05, 3.63) is 85.2 Å². The van der Waals surface area contributed by atoms with Gasteiger partial charge in [-0.25, -0.2) is 4.98 Å². The normalized spacial score (nSPS) is 11.1. The van der Waals surface area contributed by atoms with Crippen LogP contribution in [0.3, 0.4) is 0 Å². The van der Waals surface area contributed by atoms with Crippen LogP contribution in [0.2, 0.25) is 0 Å². The Morgan fingerprint density at radius 1 is 0.769 bits per heavy atom. The largest absolute Gasteiger partial charge is 0.436 e. The molecule has 5 nitrogen and oxygen atoms in total. The van der Waals surface area contributed by atoms with Gasteiger partial charge in [0.2, 0.25) is 5.89 Å². The molecular formula is C21H14N4O. The number of benzene rings is 3. The molecule has 0 radical (unpaired) electrons. The molecule has 5 aromatic rings. The molecule has 26 heavy (non-hydrogen) atoms. The minimum atomic E-state index is 0.616. The lowest BCUT2D eigenvalue weighted by atomic mass is 10.2. The number of hydrogen-bond acceptors (Lipinski definition) is 4. The Hall–Kier alpha value is -3.73. The highest BCUT2D eigenvalue weighted by atomic mass is 16.3. The smallest absolute Gasteiger partial charge is 0.227 e. The van der Waals surface area contributed by atoms with E-state index in [0.29, 0.717) is 5.89 Å². The van der Waals surface area contributed by atoms with Gasteiger partial charge in [0.05, 0.1) is 5.69 Å². The van der Waals surface area contributed by atoms with Crippen molar-refractivity contribution in [1.29, 1.82) is 0 Å². The van der Waals surface area contributed by atoms with Gasteiger partial charge in [0, 0.05) is 17.2 Å². The first-order valence-corrected chi connectivity index (χ1v) is 8.30. The SMILES string of the molecule is c1ccc(-c2nc3ccc(-n4cnnc4-c4ccccc4)cc3o2)cc1. The summed E-state index contributed by atoms with van der Waals surface area (Å²) in [6, 6.07) is 25.8. The van der Waals surface area contributed by atoms with E-state index >= 15 is 0 Å². The van der Waals surface area contributed by atoms with Crippen molar-refractivity contribution in [3.8, 4) is 28.5 Å². The van der Waals surface area contributed by atoms with E-state index in [9.17, 15) is 0 Å². The molecule has 0 unspecified atom stereocenters. The first-order chi connectivity index (χ1) is 12.9. The summed E-state index contributed by atoms with van der Waals surface area (Å²) in [6.07, 6.45) is 1.71. The predicted octanol–water partition coefficient (Wildman–Crippen LogP) is 4.74. The van der Waals surface area contributed by atoms with Crippen LogP contribution >= 0.6 is 0 Å². The van der Waals surface area contributed by atoms with Gasteiger partial charge in [0.15, 0.2) is 11.4 Å². The van der Waals surface area contributed by atoms with E-state index < -0.39 is 0 Å². The summed E-state index contributed by atoms with van der Waals surface area (Å²) in [5.74, 6) is 1.40. The number of oxazole rings is 1. The first kappa shape index (κ1) is 14.6. The molecule has 5 heteroatoms. The standard InChI is InChI=1S/C21H14N4O/c1-3-7-15(8-4-1)20-24-22-14-25(20)17-11-12-18-19(13-17)26-21(23-18)16-9-5-2-6-10-16/h1-14H. The molecular weight excluding hydrogens is 324 g/mol. The predicted molar refractivity (Wildman–Crippen MR) is 99.8 cm³/mol. The number of nitrogens with zero attached hydrogens (tertiary/aromatic N) is 4. The Morgan fingerprint density at radius 3 is 2.27 bits per heavy atom. The summed E-state index contributed by atoms with van der Waals surface area (Å²) in [5.41, 5.74) is 4.44. The average molecular weight is 338 g/mol. The molecule has 0 saturated carbocycles. The van der Waals surface area contributed by atoms with Gasteiger partial charge < -0.3 is 4.42 Å². The molecule has 0 saturated heterocycles. The van der Waals surface area contributed by atoms with Gasteiger partial charge in [0.25, 0.3) is 0 Å². The lowest BCUT2D eigenvalue weighted by molar-refractivity contribution is 0.619. The molecule has 0 atom stereocenters.